The lowest BCUT2D eigenvalue weighted by molar-refractivity contribution is -0.385. The zero-order valence-electron chi connectivity index (χ0n) is 8.01. The minimum atomic E-state index is -0.436. The van der Waals surface area contributed by atoms with Gasteiger partial charge in [-0.25, -0.2) is 0 Å². The van der Waals surface area contributed by atoms with Gasteiger partial charge in [-0.1, -0.05) is 6.92 Å². The standard InChI is InChI=1S/C9H10BrNO3S/c1-6(5-12)15-9-3-2-7(11(13)14)4-8(9)10/h2-4,6,12H,5H2,1H3. The largest absolute Gasteiger partial charge is 0.395 e. The van der Waals surface area contributed by atoms with Crippen LogP contribution in [0.3, 0.4) is 0 Å². The van der Waals surface area contributed by atoms with Gasteiger partial charge in [0.2, 0.25) is 0 Å². The van der Waals surface area contributed by atoms with Gasteiger partial charge in [-0.2, -0.15) is 0 Å². The molecule has 4 nitrogen and oxygen atoms in total. The molecule has 0 bridgehead atoms. The summed E-state index contributed by atoms with van der Waals surface area (Å²) in [6, 6.07) is 4.60. The van der Waals surface area contributed by atoms with Crippen LogP contribution in [-0.4, -0.2) is 21.9 Å². The van der Waals surface area contributed by atoms with Crippen molar-refractivity contribution >= 4 is 33.4 Å². The fourth-order valence-corrected chi connectivity index (χ4v) is 2.43. The molecule has 1 atom stereocenters. The third-order valence-electron chi connectivity index (χ3n) is 1.71. The van der Waals surface area contributed by atoms with Crippen LogP contribution in [0.2, 0.25) is 0 Å². The number of rotatable bonds is 4. The van der Waals surface area contributed by atoms with Crippen molar-refractivity contribution in [3.63, 3.8) is 0 Å². The number of aliphatic hydroxyl groups excluding tert-OH is 1. The summed E-state index contributed by atoms with van der Waals surface area (Å²) in [6.45, 7) is 1.96. The zero-order valence-corrected chi connectivity index (χ0v) is 10.4. The molecule has 0 fully saturated rings. The molecule has 15 heavy (non-hydrogen) atoms. The Bertz CT molecular complexity index is 372. The monoisotopic (exact) mass is 291 g/mol. The van der Waals surface area contributed by atoms with Crippen molar-refractivity contribution in [3.05, 3.63) is 32.8 Å². The van der Waals surface area contributed by atoms with Crippen LogP contribution in [0.4, 0.5) is 5.69 Å². The molecule has 1 rings (SSSR count). The van der Waals surface area contributed by atoms with E-state index in [0.29, 0.717) is 4.47 Å². The predicted molar refractivity (Wildman–Crippen MR) is 63.2 cm³/mol. The summed E-state index contributed by atoms with van der Waals surface area (Å²) < 4.78 is 0.682. The van der Waals surface area contributed by atoms with Crippen molar-refractivity contribution in [2.75, 3.05) is 6.61 Å². The van der Waals surface area contributed by atoms with Crippen LogP contribution in [0.15, 0.2) is 27.6 Å². The molecular weight excluding hydrogens is 282 g/mol. The molecule has 0 spiro atoms. The molecule has 1 unspecified atom stereocenters. The van der Waals surface area contributed by atoms with E-state index in [-0.39, 0.29) is 17.5 Å². The fraction of sp³-hybridized carbons (Fsp3) is 0.333. The molecule has 0 aromatic heterocycles. The molecule has 82 valence electrons. The lowest BCUT2D eigenvalue weighted by Gasteiger charge is -2.08. The number of benzene rings is 1. The maximum Gasteiger partial charge on any atom is 0.270 e. The molecule has 0 aliphatic rings. The number of nitro groups is 1. The van der Waals surface area contributed by atoms with Crippen LogP contribution >= 0.6 is 27.7 Å². The van der Waals surface area contributed by atoms with E-state index in [1.807, 2.05) is 6.92 Å². The number of nitro benzene ring substituents is 1. The maximum absolute atomic E-state index is 10.5. The first-order chi connectivity index (χ1) is 7.04. The zero-order chi connectivity index (χ0) is 11.4. The Balaban J connectivity index is 2.88. The van der Waals surface area contributed by atoms with Gasteiger partial charge in [0.25, 0.3) is 5.69 Å². The summed E-state index contributed by atoms with van der Waals surface area (Å²) in [5.74, 6) is 0. The van der Waals surface area contributed by atoms with E-state index in [9.17, 15) is 10.1 Å². The number of halogens is 1. The molecule has 0 amide bonds. The minimum absolute atomic E-state index is 0.0582. The van der Waals surface area contributed by atoms with Crippen LogP contribution in [0.1, 0.15) is 6.92 Å². The number of aliphatic hydroxyl groups is 1. The summed E-state index contributed by atoms with van der Waals surface area (Å²) in [6.07, 6.45) is 0. The second-order valence-corrected chi connectivity index (χ2v) is 5.32. The van der Waals surface area contributed by atoms with Crippen LogP contribution in [-0.2, 0) is 0 Å². The van der Waals surface area contributed by atoms with E-state index in [4.69, 9.17) is 5.11 Å². The second kappa shape index (κ2) is 5.48. The third kappa shape index (κ3) is 3.48. The number of non-ortho nitro benzene ring substituents is 1. The van der Waals surface area contributed by atoms with Crippen molar-refractivity contribution in [1.29, 1.82) is 0 Å². The van der Waals surface area contributed by atoms with Gasteiger partial charge in [0.05, 0.1) is 11.5 Å². The smallest absolute Gasteiger partial charge is 0.270 e. The average molecular weight is 292 g/mol. The number of hydrogen-bond donors (Lipinski definition) is 1. The first kappa shape index (κ1) is 12.5. The van der Waals surface area contributed by atoms with Gasteiger partial charge in [0, 0.05) is 26.8 Å². The summed E-state index contributed by atoms with van der Waals surface area (Å²) in [5, 5.41) is 19.4. The van der Waals surface area contributed by atoms with E-state index >= 15 is 0 Å². The Morgan fingerprint density at radius 1 is 1.67 bits per heavy atom. The number of hydrogen-bond acceptors (Lipinski definition) is 4. The molecular formula is C9H10BrNO3S. The van der Waals surface area contributed by atoms with E-state index in [0.717, 1.165) is 4.90 Å². The molecule has 1 N–H and O–H groups in total. The first-order valence-electron chi connectivity index (χ1n) is 4.26. The first-order valence-corrected chi connectivity index (χ1v) is 5.93. The van der Waals surface area contributed by atoms with Crippen molar-refractivity contribution < 1.29 is 10.0 Å². The molecule has 0 saturated heterocycles. The highest BCUT2D eigenvalue weighted by molar-refractivity contribution is 9.10. The molecule has 0 aliphatic carbocycles. The molecule has 0 heterocycles. The highest BCUT2D eigenvalue weighted by atomic mass is 79.9. The summed E-state index contributed by atoms with van der Waals surface area (Å²) in [7, 11) is 0. The molecule has 6 heteroatoms. The quantitative estimate of drug-likeness (QED) is 0.526. The molecule has 0 aliphatic heterocycles. The maximum atomic E-state index is 10.5. The Labute approximate surface area is 100.0 Å². The van der Waals surface area contributed by atoms with E-state index < -0.39 is 4.92 Å². The van der Waals surface area contributed by atoms with Crippen LogP contribution in [0.25, 0.3) is 0 Å². The Morgan fingerprint density at radius 2 is 2.33 bits per heavy atom. The topological polar surface area (TPSA) is 63.4 Å². The van der Waals surface area contributed by atoms with E-state index in [1.54, 1.807) is 6.07 Å². The van der Waals surface area contributed by atoms with Crippen LogP contribution in [0.5, 0.6) is 0 Å². The van der Waals surface area contributed by atoms with Crippen molar-refractivity contribution in [2.24, 2.45) is 0 Å². The van der Waals surface area contributed by atoms with Crippen molar-refractivity contribution in [2.45, 2.75) is 17.1 Å². The molecule has 0 radical (unpaired) electrons. The lowest BCUT2D eigenvalue weighted by Crippen LogP contribution is -2.01. The van der Waals surface area contributed by atoms with E-state index in [2.05, 4.69) is 15.9 Å². The van der Waals surface area contributed by atoms with Crippen LogP contribution < -0.4 is 0 Å². The second-order valence-electron chi connectivity index (χ2n) is 2.98. The summed E-state index contributed by atoms with van der Waals surface area (Å²) >= 11 is 4.74. The van der Waals surface area contributed by atoms with Gasteiger partial charge in [-0.3, -0.25) is 10.1 Å². The average Bonchev–Trinajstić information content (AvgIpc) is 2.20. The molecule has 1 aromatic carbocycles. The summed E-state index contributed by atoms with van der Waals surface area (Å²) in [5.41, 5.74) is 0.0582. The van der Waals surface area contributed by atoms with Crippen LogP contribution in [0, 0.1) is 10.1 Å². The predicted octanol–water partition coefficient (Wildman–Crippen LogP) is 2.83. The Kier molecular flexibility index (Phi) is 4.56. The minimum Gasteiger partial charge on any atom is -0.395 e. The highest BCUT2D eigenvalue weighted by Gasteiger charge is 2.11. The molecule has 0 saturated carbocycles. The SMILES string of the molecule is CC(CO)Sc1ccc([N+](=O)[O-])cc1Br. The fourth-order valence-electron chi connectivity index (χ4n) is 0.953. The van der Waals surface area contributed by atoms with Gasteiger partial charge in [0.15, 0.2) is 0 Å². The van der Waals surface area contributed by atoms with E-state index in [1.165, 1.54) is 23.9 Å². The number of thioether (sulfide) groups is 1. The lowest BCUT2D eigenvalue weighted by atomic mass is 10.3. The van der Waals surface area contributed by atoms with Gasteiger partial charge in [0.1, 0.15) is 0 Å². The van der Waals surface area contributed by atoms with Gasteiger partial charge >= 0.3 is 0 Å². The normalized spacial score (nSPS) is 12.5. The van der Waals surface area contributed by atoms with Crippen molar-refractivity contribution in [1.82, 2.24) is 0 Å². The Morgan fingerprint density at radius 3 is 2.80 bits per heavy atom. The highest BCUT2D eigenvalue weighted by Crippen LogP contribution is 2.32. The summed E-state index contributed by atoms with van der Waals surface area (Å²) in [4.78, 5) is 10.9. The van der Waals surface area contributed by atoms with Gasteiger partial charge in [-0.15, -0.1) is 11.8 Å². The van der Waals surface area contributed by atoms with Gasteiger partial charge in [-0.05, 0) is 22.0 Å². The number of nitrogens with zero attached hydrogens (tertiary/aromatic N) is 1. The van der Waals surface area contributed by atoms with Crippen molar-refractivity contribution in [3.8, 4) is 0 Å². The molecule has 1 aromatic rings. The Hall–Kier alpha value is -0.590. The van der Waals surface area contributed by atoms with Gasteiger partial charge < -0.3 is 5.11 Å². The third-order valence-corrected chi connectivity index (χ3v) is 3.79.